The maximum Gasteiger partial charge on any atom is 0.00468 e. The first kappa shape index (κ1) is 7.60. The van der Waals surface area contributed by atoms with Crippen LogP contribution in [0.2, 0.25) is 0 Å². The molecule has 1 heteroatoms. The van der Waals surface area contributed by atoms with E-state index >= 15 is 0 Å². The molecule has 5 atom stereocenters. The first-order valence-electron chi connectivity index (χ1n) is 4.73. The van der Waals surface area contributed by atoms with Crippen molar-refractivity contribution in [3.63, 3.8) is 0 Å². The Kier molecular flexibility index (Phi) is 1.26. The quantitative estimate of drug-likeness (QED) is 0.611. The molecule has 0 spiro atoms. The minimum Gasteiger partial charge on any atom is -0.328 e. The highest BCUT2D eigenvalue weighted by Crippen LogP contribution is 2.74. The maximum absolute atomic E-state index is 5.95. The Labute approximate surface area is 69.4 Å². The van der Waals surface area contributed by atoms with Crippen molar-refractivity contribution >= 4 is 0 Å². The van der Waals surface area contributed by atoms with Gasteiger partial charge in [-0.1, -0.05) is 20.8 Å². The molecule has 0 amide bonds. The van der Waals surface area contributed by atoms with Gasteiger partial charge < -0.3 is 5.73 Å². The summed E-state index contributed by atoms with van der Waals surface area (Å²) in [6, 6.07) is 0.399. The van der Waals surface area contributed by atoms with Crippen molar-refractivity contribution in [3.05, 3.63) is 0 Å². The van der Waals surface area contributed by atoms with E-state index in [2.05, 4.69) is 27.7 Å². The zero-order chi connectivity index (χ0) is 8.39. The molecular weight excluding hydrogens is 134 g/mol. The molecule has 0 saturated heterocycles. The van der Waals surface area contributed by atoms with Gasteiger partial charge in [-0.3, -0.25) is 0 Å². The topological polar surface area (TPSA) is 26.0 Å². The van der Waals surface area contributed by atoms with E-state index in [9.17, 15) is 0 Å². The van der Waals surface area contributed by atoms with Gasteiger partial charge in [0.1, 0.15) is 0 Å². The van der Waals surface area contributed by atoms with E-state index in [1.165, 1.54) is 0 Å². The van der Waals surface area contributed by atoms with Crippen molar-refractivity contribution in [1.29, 1.82) is 0 Å². The Hall–Kier alpha value is -0.0400. The van der Waals surface area contributed by atoms with Crippen molar-refractivity contribution in [2.45, 2.75) is 33.7 Å². The van der Waals surface area contributed by atoms with Gasteiger partial charge in [-0.15, -0.1) is 0 Å². The van der Waals surface area contributed by atoms with Crippen LogP contribution >= 0.6 is 0 Å². The molecule has 0 heterocycles. The second-order valence-electron chi connectivity index (χ2n) is 5.17. The first-order valence-corrected chi connectivity index (χ1v) is 4.73. The molecule has 2 rings (SSSR count). The molecule has 2 saturated carbocycles. The van der Waals surface area contributed by atoms with Crippen LogP contribution in [0.1, 0.15) is 27.7 Å². The predicted octanol–water partition coefficient (Wildman–Crippen LogP) is 1.87. The lowest BCUT2D eigenvalue weighted by Gasteiger charge is -2.46. The third-order valence-corrected chi connectivity index (χ3v) is 4.15. The lowest BCUT2D eigenvalue weighted by molar-refractivity contribution is 0.0356. The zero-order valence-electron chi connectivity index (χ0n) is 7.96. The van der Waals surface area contributed by atoms with Crippen LogP contribution in [0.25, 0.3) is 0 Å². The molecule has 11 heavy (non-hydrogen) atoms. The van der Waals surface area contributed by atoms with Crippen molar-refractivity contribution in [1.82, 2.24) is 0 Å². The molecule has 2 aliphatic rings. The molecule has 0 radical (unpaired) electrons. The lowest BCUT2D eigenvalue weighted by atomic mass is 9.60. The van der Waals surface area contributed by atoms with Gasteiger partial charge in [-0.25, -0.2) is 0 Å². The molecule has 0 aromatic rings. The molecular formula is C10H19N. The van der Waals surface area contributed by atoms with Gasteiger partial charge in [0.05, 0.1) is 0 Å². The Morgan fingerprint density at radius 1 is 1.36 bits per heavy atom. The van der Waals surface area contributed by atoms with E-state index in [1.54, 1.807) is 0 Å². The second-order valence-corrected chi connectivity index (χ2v) is 5.17. The minimum atomic E-state index is 0.399. The lowest BCUT2D eigenvalue weighted by Crippen LogP contribution is -2.47. The third-order valence-electron chi connectivity index (χ3n) is 4.15. The largest absolute Gasteiger partial charge is 0.328 e. The number of fused-ring (bicyclic) bond motifs is 1. The van der Waals surface area contributed by atoms with Crippen LogP contribution in [0, 0.1) is 29.1 Å². The van der Waals surface area contributed by atoms with Crippen LogP contribution < -0.4 is 5.73 Å². The summed E-state index contributed by atoms with van der Waals surface area (Å²) < 4.78 is 0. The van der Waals surface area contributed by atoms with E-state index in [4.69, 9.17) is 5.73 Å². The first-order chi connectivity index (χ1) is 4.98. The van der Waals surface area contributed by atoms with E-state index in [0.29, 0.717) is 11.5 Å². The van der Waals surface area contributed by atoms with Crippen LogP contribution in [0.3, 0.4) is 0 Å². The fourth-order valence-electron chi connectivity index (χ4n) is 3.85. The van der Waals surface area contributed by atoms with E-state index in [1.807, 2.05) is 0 Å². The summed E-state index contributed by atoms with van der Waals surface area (Å²) in [5.41, 5.74) is 6.49. The van der Waals surface area contributed by atoms with Gasteiger partial charge in [0.25, 0.3) is 0 Å². The normalized spacial score (nSPS) is 54.3. The van der Waals surface area contributed by atoms with Crippen molar-refractivity contribution in [2.75, 3.05) is 0 Å². The fraction of sp³-hybridized carbons (Fsp3) is 1.00. The van der Waals surface area contributed by atoms with Crippen LogP contribution in [0.5, 0.6) is 0 Å². The minimum absolute atomic E-state index is 0.399. The summed E-state index contributed by atoms with van der Waals surface area (Å²) in [4.78, 5) is 0. The van der Waals surface area contributed by atoms with Crippen molar-refractivity contribution in [2.24, 2.45) is 34.8 Å². The number of nitrogens with two attached hydrogens (primary N) is 1. The van der Waals surface area contributed by atoms with Crippen LogP contribution in [-0.4, -0.2) is 6.04 Å². The molecule has 1 nitrogen and oxygen atoms in total. The van der Waals surface area contributed by atoms with Crippen LogP contribution in [-0.2, 0) is 0 Å². The molecule has 2 aliphatic carbocycles. The van der Waals surface area contributed by atoms with Gasteiger partial charge in [-0.2, -0.15) is 0 Å². The fourth-order valence-corrected chi connectivity index (χ4v) is 3.85. The summed E-state index contributed by atoms with van der Waals surface area (Å²) in [5, 5.41) is 0. The Balaban J connectivity index is 2.14. The van der Waals surface area contributed by atoms with E-state index in [0.717, 1.165) is 23.7 Å². The number of hydrogen-bond acceptors (Lipinski definition) is 1. The molecule has 0 aromatic heterocycles. The summed E-state index contributed by atoms with van der Waals surface area (Å²) in [7, 11) is 0. The van der Waals surface area contributed by atoms with Crippen LogP contribution in [0.4, 0.5) is 0 Å². The van der Waals surface area contributed by atoms with Gasteiger partial charge >= 0.3 is 0 Å². The summed E-state index contributed by atoms with van der Waals surface area (Å²) in [6.07, 6.45) is 0. The summed E-state index contributed by atoms with van der Waals surface area (Å²) >= 11 is 0. The van der Waals surface area contributed by atoms with Crippen molar-refractivity contribution in [3.8, 4) is 0 Å². The van der Waals surface area contributed by atoms with Crippen LogP contribution in [0.15, 0.2) is 0 Å². The third kappa shape index (κ3) is 0.703. The summed E-state index contributed by atoms with van der Waals surface area (Å²) in [5.74, 6) is 3.73. The number of rotatable bonds is 1. The van der Waals surface area contributed by atoms with Crippen molar-refractivity contribution < 1.29 is 0 Å². The predicted molar refractivity (Wildman–Crippen MR) is 47.1 cm³/mol. The Bertz CT molecular complexity index is 183. The van der Waals surface area contributed by atoms with Gasteiger partial charge in [0.2, 0.25) is 0 Å². The Morgan fingerprint density at radius 3 is 2.09 bits per heavy atom. The average molecular weight is 153 g/mol. The maximum atomic E-state index is 5.95. The second kappa shape index (κ2) is 1.82. The molecule has 2 N–H and O–H groups in total. The van der Waals surface area contributed by atoms with E-state index < -0.39 is 0 Å². The Morgan fingerprint density at radius 2 is 1.91 bits per heavy atom. The summed E-state index contributed by atoms with van der Waals surface area (Å²) in [6.45, 7) is 9.30. The molecule has 2 fully saturated rings. The highest BCUT2D eigenvalue weighted by Gasteiger charge is 2.71. The van der Waals surface area contributed by atoms with Gasteiger partial charge in [0.15, 0.2) is 0 Å². The molecule has 0 aliphatic heterocycles. The smallest absolute Gasteiger partial charge is 0.00468 e. The number of hydrogen-bond donors (Lipinski definition) is 1. The van der Waals surface area contributed by atoms with E-state index in [-0.39, 0.29) is 0 Å². The highest BCUT2D eigenvalue weighted by atomic mass is 14.8. The molecule has 64 valence electrons. The average Bonchev–Trinajstić information content (AvgIpc) is 2.36. The van der Waals surface area contributed by atoms with Gasteiger partial charge in [-0.05, 0) is 36.0 Å². The molecule has 0 bridgehead atoms. The monoisotopic (exact) mass is 153 g/mol. The molecule has 0 aromatic carbocycles. The highest BCUT2D eigenvalue weighted by molar-refractivity contribution is 5.19. The SMILES string of the molecule is CC(N)C1C2C([C@@H]2C)C1(C)C. The van der Waals surface area contributed by atoms with Gasteiger partial charge in [0, 0.05) is 6.04 Å². The zero-order valence-corrected chi connectivity index (χ0v) is 7.96. The molecule has 4 unspecified atom stereocenters. The standard InChI is InChI=1S/C10H19N/c1-5-7-8(5)10(3,4)9(7)6(2)11/h5-9H,11H2,1-4H3/t5-,6?,7?,8?,9?/m1/s1.